The fraction of sp³-hybridized carbons (Fsp3) is 0.417. The third kappa shape index (κ3) is 2.68. The van der Waals surface area contributed by atoms with Gasteiger partial charge in [0.1, 0.15) is 4.99 Å². The second kappa shape index (κ2) is 5.35. The number of likely N-dealkylation sites (tertiary alicyclic amines) is 1. The van der Waals surface area contributed by atoms with E-state index in [2.05, 4.69) is 4.90 Å². The van der Waals surface area contributed by atoms with E-state index in [0.717, 1.165) is 23.6 Å². The molecule has 1 aromatic carbocycles. The van der Waals surface area contributed by atoms with Crippen molar-refractivity contribution in [2.75, 3.05) is 13.1 Å². The minimum absolute atomic E-state index is 0.642. The van der Waals surface area contributed by atoms with Gasteiger partial charge in [0, 0.05) is 23.7 Å². The van der Waals surface area contributed by atoms with Crippen LogP contribution in [0.25, 0.3) is 0 Å². The number of piperidine rings is 1. The van der Waals surface area contributed by atoms with Gasteiger partial charge in [0.25, 0.3) is 0 Å². The van der Waals surface area contributed by atoms with Crippen LogP contribution in [-0.2, 0) is 0 Å². The van der Waals surface area contributed by atoms with Gasteiger partial charge in [-0.1, -0.05) is 35.4 Å². The Morgan fingerprint density at radius 3 is 2.44 bits per heavy atom. The molecule has 1 aromatic rings. The fourth-order valence-corrected chi connectivity index (χ4v) is 2.84. The van der Waals surface area contributed by atoms with E-state index in [1.807, 2.05) is 12.1 Å². The third-order valence-corrected chi connectivity index (χ3v) is 3.83. The molecule has 1 nitrogen and oxygen atoms in total. The van der Waals surface area contributed by atoms with Crippen LogP contribution in [0, 0.1) is 0 Å². The van der Waals surface area contributed by atoms with E-state index in [0.29, 0.717) is 10.0 Å². The SMILES string of the molecule is S=C(c1ccc(Cl)cc1Cl)N1CCCCC1. The van der Waals surface area contributed by atoms with Gasteiger partial charge in [-0.3, -0.25) is 0 Å². The van der Waals surface area contributed by atoms with Crippen LogP contribution in [0.1, 0.15) is 24.8 Å². The van der Waals surface area contributed by atoms with Crippen molar-refractivity contribution in [3.05, 3.63) is 33.8 Å². The smallest absolute Gasteiger partial charge is 0.110 e. The summed E-state index contributed by atoms with van der Waals surface area (Å²) in [7, 11) is 0. The molecule has 16 heavy (non-hydrogen) atoms. The van der Waals surface area contributed by atoms with Crippen LogP contribution in [-0.4, -0.2) is 23.0 Å². The highest BCUT2D eigenvalue weighted by Crippen LogP contribution is 2.24. The van der Waals surface area contributed by atoms with Crippen molar-refractivity contribution >= 4 is 40.4 Å². The molecule has 0 amide bonds. The van der Waals surface area contributed by atoms with Gasteiger partial charge < -0.3 is 4.90 Å². The molecule has 1 aliphatic rings. The maximum atomic E-state index is 6.14. The predicted octanol–water partition coefficient (Wildman–Crippen LogP) is 4.15. The number of halogens is 2. The van der Waals surface area contributed by atoms with E-state index in [4.69, 9.17) is 35.4 Å². The van der Waals surface area contributed by atoms with Crippen LogP contribution in [0.5, 0.6) is 0 Å². The maximum absolute atomic E-state index is 6.14. The molecule has 4 heteroatoms. The van der Waals surface area contributed by atoms with E-state index in [1.54, 1.807) is 6.07 Å². The molecular weight excluding hydrogens is 261 g/mol. The highest BCUT2D eigenvalue weighted by molar-refractivity contribution is 7.80. The number of nitrogens with zero attached hydrogens (tertiary/aromatic N) is 1. The summed E-state index contributed by atoms with van der Waals surface area (Å²) in [6, 6.07) is 5.48. The summed E-state index contributed by atoms with van der Waals surface area (Å²) in [5.74, 6) is 0. The molecule has 0 aliphatic carbocycles. The molecule has 0 spiro atoms. The lowest BCUT2D eigenvalue weighted by Crippen LogP contribution is -2.35. The normalized spacial score (nSPS) is 16.2. The van der Waals surface area contributed by atoms with Gasteiger partial charge in [-0.05, 0) is 37.5 Å². The van der Waals surface area contributed by atoms with Gasteiger partial charge in [-0.2, -0.15) is 0 Å². The maximum Gasteiger partial charge on any atom is 0.110 e. The number of thiocarbonyl (C=S) groups is 1. The molecule has 0 saturated carbocycles. The van der Waals surface area contributed by atoms with Gasteiger partial charge in [0.2, 0.25) is 0 Å². The van der Waals surface area contributed by atoms with Gasteiger partial charge in [-0.25, -0.2) is 0 Å². The van der Waals surface area contributed by atoms with Gasteiger partial charge in [-0.15, -0.1) is 0 Å². The van der Waals surface area contributed by atoms with E-state index < -0.39 is 0 Å². The predicted molar refractivity (Wildman–Crippen MR) is 73.6 cm³/mol. The molecule has 0 atom stereocenters. The molecule has 1 aliphatic heterocycles. The second-order valence-corrected chi connectivity index (χ2v) is 5.21. The van der Waals surface area contributed by atoms with E-state index >= 15 is 0 Å². The van der Waals surface area contributed by atoms with Crippen molar-refractivity contribution in [2.45, 2.75) is 19.3 Å². The molecule has 0 unspecified atom stereocenters. The Bertz CT molecular complexity index is 400. The standard InChI is InChI=1S/C12H13Cl2NS/c13-9-4-5-10(11(14)8-9)12(16)15-6-2-1-3-7-15/h4-5,8H,1-3,6-7H2. The summed E-state index contributed by atoms with van der Waals surface area (Å²) in [4.78, 5) is 3.08. The summed E-state index contributed by atoms with van der Waals surface area (Å²) >= 11 is 17.5. The van der Waals surface area contributed by atoms with Crippen molar-refractivity contribution in [1.82, 2.24) is 4.90 Å². The summed E-state index contributed by atoms with van der Waals surface area (Å²) in [6.07, 6.45) is 3.73. The van der Waals surface area contributed by atoms with E-state index in [9.17, 15) is 0 Å². The lowest BCUT2D eigenvalue weighted by atomic mass is 10.1. The Balaban J connectivity index is 2.19. The number of hydrogen-bond acceptors (Lipinski definition) is 1. The topological polar surface area (TPSA) is 3.24 Å². The Hall–Kier alpha value is -0.310. The van der Waals surface area contributed by atoms with Crippen LogP contribution in [0.4, 0.5) is 0 Å². The van der Waals surface area contributed by atoms with Crippen molar-refractivity contribution in [2.24, 2.45) is 0 Å². The fourth-order valence-electron chi connectivity index (χ4n) is 1.93. The number of rotatable bonds is 1. The average molecular weight is 274 g/mol. The van der Waals surface area contributed by atoms with Gasteiger partial charge >= 0.3 is 0 Å². The quantitative estimate of drug-likeness (QED) is 0.707. The van der Waals surface area contributed by atoms with Crippen LogP contribution >= 0.6 is 35.4 Å². The summed E-state index contributed by atoms with van der Waals surface area (Å²) in [5, 5.41) is 1.29. The zero-order valence-electron chi connectivity index (χ0n) is 8.88. The first kappa shape index (κ1) is 12.2. The molecule has 2 rings (SSSR count). The summed E-state index contributed by atoms with van der Waals surface area (Å²) < 4.78 is 0. The number of hydrogen-bond donors (Lipinski definition) is 0. The second-order valence-electron chi connectivity index (χ2n) is 3.98. The highest BCUT2D eigenvalue weighted by Gasteiger charge is 2.16. The third-order valence-electron chi connectivity index (χ3n) is 2.80. The molecule has 0 aromatic heterocycles. The Morgan fingerprint density at radius 1 is 1.12 bits per heavy atom. The molecule has 1 heterocycles. The monoisotopic (exact) mass is 273 g/mol. The van der Waals surface area contributed by atoms with Crippen LogP contribution < -0.4 is 0 Å². The average Bonchev–Trinajstić information content (AvgIpc) is 2.29. The Morgan fingerprint density at radius 2 is 1.81 bits per heavy atom. The zero-order chi connectivity index (χ0) is 11.5. The summed E-state index contributed by atoms with van der Waals surface area (Å²) in [6.45, 7) is 2.08. The highest BCUT2D eigenvalue weighted by atomic mass is 35.5. The zero-order valence-corrected chi connectivity index (χ0v) is 11.2. The molecule has 0 bridgehead atoms. The Kier molecular flexibility index (Phi) is 4.06. The molecule has 0 radical (unpaired) electrons. The molecule has 1 saturated heterocycles. The van der Waals surface area contributed by atoms with Crippen LogP contribution in [0.2, 0.25) is 10.0 Å². The first-order valence-electron chi connectivity index (χ1n) is 5.43. The number of benzene rings is 1. The lowest BCUT2D eigenvalue weighted by Gasteiger charge is -2.29. The largest absolute Gasteiger partial charge is 0.362 e. The van der Waals surface area contributed by atoms with Crippen molar-refractivity contribution in [3.63, 3.8) is 0 Å². The first-order chi connectivity index (χ1) is 7.68. The van der Waals surface area contributed by atoms with Crippen molar-refractivity contribution in [3.8, 4) is 0 Å². The first-order valence-corrected chi connectivity index (χ1v) is 6.59. The van der Waals surface area contributed by atoms with E-state index in [1.165, 1.54) is 19.3 Å². The van der Waals surface area contributed by atoms with Crippen LogP contribution in [0.15, 0.2) is 18.2 Å². The molecule has 86 valence electrons. The molecule has 0 N–H and O–H groups in total. The summed E-state index contributed by atoms with van der Waals surface area (Å²) in [5.41, 5.74) is 0.919. The van der Waals surface area contributed by atoms with Crippen LogP contribution in [0.3, 0.4) is 0 Å². The molecule has 1 fully saturated rings. The Labute approximate surface area is 111 Å². The minimum Gasteiger partial charge on any atom is -0.362 e. The van der Waals surface area contributed by atoms with Gasteiger partial charge in [0.15, 0.2) is 0 Å². The van der Waals surface area contributed by atoms with Gasteiger partial charge in [0.05, 0.1) is 5.02 Å². The van der Waals surface area contributed by atoms with E-state index in [-0.39, 0.29) is 0 Å². The van der Waals surface area contributed by atoms with Crippen molar-refractivity contribution < 1.29 is 0 Å². The van der Waals surface area contributed by atoms with Crippen molar-refractivity contribution in [1.29, 1.82) is 0 Å². The lowest BCUT2D eigenvalue weighted by molar-refractivity contribution is 0.347. The molecular formula is C12H13Cl2NS. The minimum atomic E-state index is 0.642.